The molecule has 0 fully saturated rings. The van der Waals surface area contributed by atoms with E-state index in [1.165, 1.54) is 6.20 Å². The fraction of sp³-hybridized carbons (Fsp3) is 0.0909. The number of aromatic nitrogens is 1. The summed E-state index contributed by atoms with van der Waals surface area (Å²) >= 11 is 0. The number of hydrogen-bond donors (Lipinski definition) is 1. The molecule has 80 valence electrons. The Labute approximate surface area is 90.3 Å². The summed E-state index contributed by atoms with van der Waals surface area (Å²) in [5.41, 5.74) is 0.354. The van der Waals surface area contributed by atoms with E-state index in [4.69, 9.17) is 5.26 Å². The Bertz CT molecular complexity index is 602. The van der Waals surface area contributed by atoms with Gasteiger partial charge < -0.3 is 5.32 Å². The van der Waals surface area contributed by atoms with E-state index < -0.39 is 11.6 Å². The second-order valence-corrected chi connectivity index (χ2v) is 3.16. The topological polar surface area (TPSA) is 48.7 Å². The van der Waals surface area contributed by atoms with Gasteiger partial charge in [0.25, 0.3) is 0 Å². The van der Waals surface area contributed by atoms with Crippen LogP contribution in [0.25, 0.3) is 10.9 Å². The molecule has 1 N–H and O–H groups in total. The van der Waals surface area contributed by atoms with E-state index in [9.17, 15) is 8.78 Å². The normalized spacial score (nSPS) is 10.1. The zero-order chi connectivity index (χ0) is 11.7. The van der Waals surface area contributed by atoms with E-state index >= 15 is 0 Å². The van der Waals surface area contributed by atoms with Gasteiger partial charge in [-0.15, -0.1) is 0 Å². The Hall–Kier alpha value is -2.22. The molecular formula is C11H7F2N3. The van der Waals surface area contributed by atoms with Crippen LogP contribution in [0.3, 0.4) is 0 Å². The lowest BCUT2D eigenvalue weighted by atomic mass is 10.1. The smallest absolute Gasteiger partial charge is 0.149 e. The molecule has 0 bridgehead atoms. The fourth-order valence-corrected chi connectivity index (χ4v) is 1.58. The SMILES string of the molecule is CNc1c(C#N)cnc2c(F)ccc(F)c12. The van der Waals surface area contributed by atoms with Crippen molar-refractivity contribution in [2.24, 2.45) is 0 Å². The van der Waals surface area contributed by atoms with Crippen LogP contribution in [-0.4, -0.2) is 12.0 Å². The highest BCUT2D eigenvalue weighted by atomic mass is 19.1. The predicted octanol–water partition coefficient (Wildman–Crippen LogP) is 2.43. The Kier molecular flexibility index (Phi) is 2.41. The summed E-state index contributed by atoms with van der Waals surface area (Å²) in [4.78, 5) is 3.74. The van der Waals surface area contributed by atoms with Gasteiger partial charge in [-0.25, -0.2) is 8.78 Å². The van der Waals surface area contributed by atoms with Gasteiger partial charge in [0.15, 0.2) is 0 Å². The number of hydrogen-bond acceptors (Lipinski definition) is 3. The van der Waals surface area contributed by atoms with Crippen molar-refractivity contribution in [1.29, 1.82) is 5.26 Å². The third-order valence-electron chi connectivity index (χ3n) is 2.29. The average molecular weight is 219 g/mol. The van der Waals surface area contributed by atoms with E-state index in [1.54, 1.807) is 7.05 Å². The Morgan fingerprint density at radius 2 is 2.00 bits per heavy atom. The highest BCUT2D eigenvalue weighted by Crippen LogP contribution is 2.28. The molecular weight excluding hydrogens is 212 g/mol. The molecule has 0 spiro atoms. The first-order valence-corrected chi connectivity index (χ1v) is 4.53. The molecule has 0 aliphatic rings. The first-order valence-electron chi connectivity index (χ1n) is 4.53. The minimum absolute atomic E-state index is 0.00144. The maximum atomic E-state index is 13.6. The molecule has 1 aromatic carbocycles. The van der Waals surface area contributed by atoms with Crippen molar-refractivity contribution in [3.8, 4) is 6.07 Å². The molecule has 1 aromatic heterocycles. The number of fused-ring (bicyclic) bond motifs is 1. The van der Waals surface area contributed by atoms with Crippen LogP contribution in [0.2, 0.25) is 0 Å². The van der Waals surface area contributed by atoms with Crippen LogP contribution in [0.15, 0.2) is 18.3 Å². The summed E-state index contributed by atoms with van der Waals surface area (Å²) in [7, 11) is 1.54. The highest BCUT2D eigenvalue weighted by Gasteiger charge is 2.14. The minimum atomic E-state index is -0.614. The van der Waals surface area contributed by atoms with Crippen molar-refractivity contribution in [3.63, 3.8) is 0 Å². The number of halogens is 2. The minimum Gasteiger partial charge on any atom is -0.386 e. The molecule has 2 rings (SSSR count). The zero-order valence-electron chi connectivity index (χ0n) is 8.38. The highest BCUT2D eigenvalue weighted by molar-refractivity contribution is 5.94. The van der Waals surface area contributed by atoms with Crippen molar-refractivity contribution in [2.75, 3.05) is 12.4 Å². The molecule has 0 radical (unpaired) electrons. The van der Waals surface area contributed by atoms with Gasteiger partial charge in [-0.05, 0) is 12.1 Å². The van der Waals surface area contributed by atoms with E-state index in [0.717, 1.165) is 12.1 Å². The van der Waals surface area contributed by atoms with Gasteiger partial charge in [-0.3, -0.25) is 4.98 Å². The van der Waals surface area contributed by atoms with Crippen LogP contribution in [0.5, 0.6) is 0 Å². The first-order chi connectivity index (χ1) is 7.69. The Morgan fingerprint density at radius 3 is 2.62 bits per heavy atom. The van der Waals surface area contributed by atoms with Gasteiger partial charge in [0, 0.05) is 13.2 Å². The molecule has 1 heterocycles. The third-order valence-corrected chi connectivity index (χ3v) is 2.29. The van der Waals surface area contributed by atoms with Crippen molar-refractivity contribution in [3.05, 3.63) is 35.5 Å². The summed E-state index contributed by atoms with van der Waals surface area (Å²) in [5.74, 6) is -1.22. The van der Waals surface area contributed by atoms with Crippen LogP contribution in [0.4, 0.5) is 14.5 Å². The second-order valence-electron chi connectivity index (χ2n) is 3.16. The molecule has 2 aromatic rings. The number of nitrogens with zero attached hydrogens (tertiary/aromatic N) is 2. The lowest BCUT2D eigenvalue weighted by Gasteiger charge is -2.08. The second kappa shape index (κ2) is 3.74. The van der Waals surface area contributed by atoms with Crippen LogP contribution in [0.1, 0.15) is 5.56 Å². The van der Waals surface area contributed by atoms with Crippen molar-refractivity contribution >= 4 is 16.6 Å². The molecule has 0 atom stereocenters. The standard InChI is InChI=1S/C11H7F2N3/c1-15-10-6(4-14)5-16-11-8(13)3-2-7(12)9(10)11/h2-3,5H,1H3,(H,15,16). The summed E-state index contributed by atoms with van der Waals surface area (Å²) in [6, 6.07) is 3.90. The van der Waals surface area contributed by atoms with Gasteiger partial charge >= 0.3 is 0 Å². The molecule has 5 heteroatoms. The molecule has 3 nitrogen and oxygen atoms in total. The van der Waals surface area contributed by atoms with Gasteiger partial charge in [0.05, 0.1) is 16.6 Å². The summed E-state index contributed by atoms with van der Waals surface area (Å²) in [5, 5.41) is 11.5. The first kappa shape index (κ1) is 10.3. The maximum Gasteiger partial charge on any atom is 0.149 e. The number of nitriles is 1. The van der Waals surface area contributed by atoms with Crippen LogP contribution in [0, 0.1) is 23.0 Å². The van der Waals surface area contributed by atoms with E-state index in [2.05, 4.69) is 10.3 Å². The molecule has 0 aliphatic carbocycles. The van der Waals surface area contributed by atoms with Gasteiger partial charge in [-0.1, -0.05) is 0 Å². The van der Waals surface area contributed by atoms with E-state index in [0.29, 0.717) is 0 Å². The maximum absolute atomic E-state index is 13.6. The molecule has 0 amide bonds. The molecule has 0 saturated heterocycles. The number of benzene rings is 1. The van der Waals surface area contributed by atoms with Gasteiger partial charge in [0.2, 0.25) is 0 Å². The Balaban J connectivity index is 2.98. The fourth-order valence-electron chi connectivity index (χ4n) is 1.58. The molecule has 0 saturated carbocycles. The largest absolute Gasteiger partial charge is 0.386 e. The van der Waals surface area contributed by atoms with E-state index in [-0.39, 0.29) is 22.2 Å². The predicted molar refractivity (Wildman–Crippen MR) is 55.9 cm³/mol. The van der Waals surface area contributed by atoms with Gasteiger partial charge in [-0.2, -0.15) is 5.26 Å². The zero-order valence-corrected chi connectivity index (χ0v) is 8.38. The van der Waals surface area contributed by atoms with Crippen molar-refractivity contribution in [1.82, 2.24) is 4.98 Å². The quantitative estimate of drug-likeness (QED) is 0.801. The lowest BCUT2D eigenvalue weighted by Crippen LogP contribution is -1.99. The summed E-state index contributed by atoms with van der Waals surface area (Å²) < 4.78 is 27.0. The Morgan fingerprint density at radius 1 is 1.31 bits per heavy atom. The average Bonchev–Trinajstić information content (AvgIpc) is 2.32. The number of nitrogens with one attached hydrogen (secondary N) is 1. The number of anilines is 1. The van der Waals surface area contributed by atoms with E-state index in [1.807, 2.05) is 6.07 Å². The molecule has 16 heavy (non-hydrogen) atoms. The monoisotopic (exact) mass is 219 g/mol. The summed E-state index contributed by atoms with van der Waals surface area (Å²) in [6.07, 6.45) is 1.22. The van der Waals surface area contributed by atoms with Crippen LogP contribution < -0.4 is 5.32 Å². The van der Waals surface area contributed by atoms with Crippen LogP contribution in [-0.2, 0) is 0 Å². The number of pyridine rings is 1. The van der Waals surface area contributed by atoms with Crippen LogP contribution >= 0.6 is 0 Å². The summed E-state index contributed by atoms with van der Waals surface area (Å²) in [6.45, 7) is 0. The molecule has 0 aliphatic heterocycles. The number of rotatable bonds is 1. The molecule has 0 unspecified atom stereocenters. The van der Waals surface area contributed by atoms with Crippen molar-refractivity contribution in [2.45, 2.75) is 0 Å². The third kappa shape index (κ3) is 1.36. The van der Waals surface area contributed by atoms with Crippen molar-refractivity contribution < 1.29 is 8.78 Å². The van der Waals surface area contributed by atoms with Gasteiger partial charge in [0.1, 0.15) is 23.2 Å². The lowest BCUT2D eigenvalue weighted by molar-refractivity contribution is 0.615.